The number of cyclic esters (lactones) is 1. The molecule has 102 valence electrons. The van der Waals surface area contributed by atoms with Crippen molar-refractivity contribution in [1.29, 1.82) is 5.26 Å². The molecule has 3 rings (SSSR count). The second-order valence-corrected chi connectivity index (χ2v) is 5.20. The average Bonchev–Trinajstić information content (AvgIpc) is 2.55. The number of nitrogens with zero attached hydrogens (tertiary/aromatic N) is 1. The lowest BCUT2D eigenvalue weighted by molar-refractivity contribution is -0.148. The molecular formula is C17H14BNO2. The minimum atomic E-state index is -0.403. The summed E-state index contributed by atoms with van der Waals surface area (Å²) >= 11 is 0. The van der Waals surface area contributed by atoms with Crippen LogP contribution in [0.2, 0.25) is 6.32 Å². The van der Waals surface area contributed by atoms with Crippen LogP contribution in [0.15, 0.2) is 60.7 Å². The number of rotatable bonds is 2. The van der Waals surface area contributed by atoms with Crippen LogP contribution in [0, 0.1) is 11.2 Å². The lowest BCUT2D eigenvalue weighted by Gasteiger charge is -2.33. The molecule has 0 spiro atoms. The maximum Gasteiger partial charge on any atom is 0.300 e. The van der Waals surface area contributed by atoms with Crippen LogP contribution in [0.25, 0.3) is 0 Å². The van der Waals surface area contributed by atoms with E-state index in [1.54, 1.807) is 0 Å². The zero-order chi connectivity index (χ0) is 14.7. The van der Waals surface area contributed by atoms with Gasteiger partial charge in [0.15, 0.2) is 0 Å². The Bertz CT molecular complexity index is 666. The van der Waals surface area contributed by atoms with Gasteiger partial charge in [0.2, 0.25) is 0 Å². The zero-order valence-corrected chi connectivity index (χ0v) is 11.5. The summed E-state index contributed by atoms with van der Waals surface area (Å²) in [6, 6.07) is 19.5. The maximum absolute atomic E-state index is 11.8. The van der Waals surface area contributed by atoms with Crippen molar-refractivity contribution in [3.8, 4) is 5.97 Å². The largest absolute Gasteiger partial charge is 0.458 e. The molecule has 0 saturated carbocycles. The van der Waals surface area contributed by atoms with Crippen LogP contribution in [-0.4, -0.2) is 12.7 Å². The molecule has 0 amide bonds. The van der Waals surface area contributed by atoms with Crippen molar-refractivity contribution < 1.29 is 9.53 Å². The van der Waals surface area contributed by atoms with Crippen LogP contribution in [0.5, 0.6) is 0 Å². The van der Waals surface area contributed by atoms with Gasteiger partial charge in [-0.2, -0.15) is 0 Å². The van der Waals surface area contributed by atoms with E-state index in [4.69, 9.17) is 4.74 Å². The first-order valence-electron chi connectivity index (χ1n) is 6.98. The highest BCUT2D eigenvalue weighted by molar-refractivity contribution is 6.71. The monoisotopic (exact) mass is 275 g/mol. The molecule has 2 atom stereocenters. The predicted octanol–water partition coefficient (Wildman–Crippen LogP) is 3.17. The second-order valence-electron chi connectivity index (χ2n) is 5.20. The van der Waals surface area contributed by atoms with Gasteiger partial charge in [-0.3, -0.25) is 4.79 Å². The van der Waals surface area contributed by atoms with Crippen LogP contribution in [0.1, 0.15) is 23.0 Å². The van der Waals surface area contributed by atoms with E-state index in [1.807, 2.05) is 60.7 Å². The van der Waals surface area contributed by atoms with Crippen molar-refractivity contribution in [3.63, 3.8) is 0 Å². The summed E-state index contributed by atoms with van der Waals surface area (Å²) in [5.74, 6) is 1.85. The Labute approximate surface area is 124 Å². The van der Waals surface area contributed by atoms with Crippen LogP contribution in [-0.2, 0) is 9.53 Å². The second kappa shape index (κ2) is 5.84. The number of benzene rings is 2. The highest BCUT2D eigenvalue weighted by atomic mass is 16.5. The third kappa shape index (κ3) is 2.68. The minimum absolute atomic E-state index is 0.128. The predicted molar refractivity (Wildman–Crippen MR) is 80.6 cm³/mol. The SMILES string of the molecule is N#CB1CC(=O)OC(c2ccccc2)C1c1ccccc1. The average molecular weight is 275 g/mol. The van der Waals surface area contributed by atoms with E-state index in [1.165, 1.54) is 0 Å². The zero-order valence-electron chi connectivity index (χ0n) is 11.5. The van der Waals surface area contributed by atoms with Gasteiger partial charge in [0.1, 0.15) is 6.10 Å². The third-order valence-corrected chi connectivity index (χ3v) is 3.88. The molecule has 0 aliphatic carbocycles. The Morgan fingerprint density at radius 1 is 1.00 bits per heavy atom. The standard InChI is InChI=1S/C17H14BNO2/c19-12-18-11-15(20)21-17(14-9-5-2-6-10-14)16(18)13-7-3-1-4-8-13/h1-10,16-17H,11H2. The van der Waals surface area contributed by atoms with Gasteiger partial charge in [-0.25, -0.2) is 5.26 Å². The third-order valence-electron chi connectivity index (χ3n) is 3.88. The maximum atomic E-state index is 11.8. The van der Waals surface area contributed by atoms with Gasteiger partial charge in [-0.05, 0) is 11.1 Å². The Kier molecular flexibility index (Phi) is 3.74. The molecule has 2 aromatic rings. The summed E-state index contributed by atoms with van der Waals surface area (Å²) in [4.78, 5) is 11.8. The number of hydrogen-bond donors (Lipinski definition) is 0. The van der Waals surface area contributed by atoms with Gasteiger partial charge in [-0.1, -0.05) is 60.7 Å². The fourth-order valence-electron chi connectivity index (χ4n) is 2.91. The van der Waals surface area contributed by atoms with Crippen LogP contribution in [0.4, 0.5) is 0 Å². The summed E-state index contributed by atoms with van der Waals surface area (Å²) in [6.45, 7) is -0.362. The normalized spacial score (nSPS) is 21.5. The quantitative estimate of drug-likeness (QED) is 0.624. The number of esters is 1. The van der Waals surface area contributed by atoms with Gasteiger partial charge in [0, 0.05) is 18.1 Å². The highest BCUT2D eigenvalue weighted by Crippen LogP contribution is 2.40. The molecule has 0 aromatic heterocycles. The lowest BCUT2D eigenvalue weighted by Crippen LogP contribution is -2.38. The van der Waals surface area contributed by atoms with Crippen molar-refractivity contribution in [1.82, 2.24) is 0 Å². The number of hydrogen-bond acceptors (Lipinski definition) is 3. The van der Waals surface area contributed by atoms with Crippen LogP contribution >= 0.6 is 0 Å². The molecule has 0 radical (unpaired) electrons. The van der Waals surface area contributed by atoms with Crippen LogP contribution in [0.3, 0.4) is 0 Å². The van der Waals surface area contributed by atoms with Gasteiger partial charge < -0.3 is 4.74 Å². The summed E-state index contributed by atoms with van der Waals surface area (Å²) in [6.07, 6.45) is -0.251. The first kappa shape index (κ1) is 13.4. The van der Waals surface area contributed by atoms with Gasteiger partial charge in [0.25, 0.3) is 12.7 Å². The van der Waals surface area contributed by atoms with E-state index in [0.29, 0.717) is 0 Å². The lowest BCUT2D eigenvalue weighted by atomic mass is 9.36. The fourth-order valence-corrected chi connectivity index (χ4v) is 2.91. The number of carbonyl (C=O) groups is 1. The molecule has 1 fully saturated rings. The van der Waals surface area contributed by atoms with E-state index in [2.05, 4.69) is 5.97 Å². The molecule has 2 unspecified atom stereocenters. The summed E-state index contributed by atoms with van der Waals surface area (Å²) < 4.78 is 5.58. The molecule has 1 heterocycles. The molecule has 1 aliphatic heterocycles. The number of nitriles is 1. The van der Waals surface area contributed by atoms with Crippen molar-refractivity contribution in [2.45, 2.75) is 18.2 Å². The molecule has 2 aromatic carbocycles. The van der Waals surface area contributed by atoms with E-state index < -0.39 is 6.10 Å². The molecule has 4 heteroatoms. The number of ether oxygens (including phenoxy) is 1. The van der Waals surface area contributed by atoms with E-state index in [0.717, 1.165) is 11.1 Å². The molecule has 0 bridgehead atoms. The summed E-state index contributed by atoms with van der Waals surface area (Å²) in [5, 5.41) is 9.45. The van der Waals surface area contributed by atoms with E-state index in [9.17, 15) is 10.1 Å². The molecule has 1 saturated heterocycles. The van der Waals surface area contributed by atoms with Gasteiger partial charge in [0.05, 0.1) is 0 Å². The van der Waals surface area contributed by atoms with Crippen molar-refractivity contribution in [2.24, 2.45) is 0 Å². The molecular weight excluding hydrogens is 261 g/mol. The van der Waals surface area contributed by atoms with Crippen LogP contribution < -0.4 is 0 Å². The number of carbonyl (C=O) groups excluding carboxylic acids is 1. The topological polar surface area (TPSA) is 50.1 Å². The minimum Gasteiger partial charge on any atom is -0.458 e. The Hall–Kier alpha value is -2.54. The highest BCUT2D eigenvalue weighted by Gasteiger charge is 2.43. The Morgan fingerprint density at radius 3 is 2.14 bits per heavy atom. The Morgan fingerprint density at radius 2 is 1.57 bits per heavy atom. The van der Waals surface area contributed by atoms with E-state index >= 15 is 0 Å². The molecule has 3 nitrogen and oxygen atoms in total. The van der Waals surface area contributed by atoms with Crippen molar-refractivity contribution in [2.75, 3.05) is 0 Å². The van der Waals surface area contributed by atoms with Crippen molar-refractivity contribution in [3.05, 3.63) is 71.8 Å². The van der Waals surface area contributed by atoms with Crippen molar-refractivity contribution >= 4 is 12.7 Å². The summed E-state index contributed by atoms with van der Waals surface area (Å²) in [5.41, 5.74) is 1.96. The first-order valence-corrected chi connectivity index (χ1v) is 6.98. The first-order chi connectivity index (χ1) is 10.3. The Balaban J connectivity index is 2.05. The van der Waals surface area contributed by atoms with Gasteiger partial charge in [-0.15, -0.1) is 0 Å². The van der Waals surface area contributed by atoms with Gasteiger partial charge >= 0.3 is 0 Å². The molecule has 21 heavy (non-hydrogen) atoms. The molecule has 1 aliphatic rings. The fraction of sp³-hybridized carbons (Fsp3) is 0.176. The molecule has 0 N–H and O–H groups in total. The smallest absolute Gasteiger partial charge is 0.300 e. The van der Waals surface area contributed by atoms with E-state index in [-0.39, 0.29) is 24.8 Å². The summed E-state index contributed by atoms with van der Waals surface area (Å²) in [7, 11) is 0.